The molecule has 3 N–H and O–H groups in total. The van der Waals surface area contributed by atoms with Crippen LogP contribution in [0.25, 0.3) is 10.2 Å². The number of carbonyl (C=O) groups is 1. The fourth-order valence-electron chi connectivity index (χ4n) is 1.54. The number of anilines is 1. The third-order valence-electron chi connectivity index (χ3n) is 2.56. The van der Waals surface area contributed by atoms with E-state index in [-0.39, 0.29) is 5.91 Å². The molecule has 8 heteroatoms. The van der Waals surface area contributed by atoms with Crippen molar-refractivity contribution in [3.63, 3.8) is 0 Å². The number of thiophene rings is 1. The number of rotatable bonds is 5. The van der Waals surface area contributed by atoms with Crippen LogP contribution < -0.4 is 11.1 Å². The fourth-order valence-corrected chi connectivity index (χ4v) is 3.12. The van der Waals surface area contributed by atoms with Crippen LogP contribution in [0.5, 0.6) is 0 Å². The van der Waals surface area contributed by atoms with Gasteiger partial charge in [-0.3, -0.25) is 9.00 Å². The summed E-state index contributed by atoms with van der Waals surface area (Å²) in [4.78, 5) is 13.0. The normalized spacial score (nSPS) is 12.5. The zero-order chi connectivity index (χ0) is 13.8. The highest BCUT2D eigenvalue weighted by Crippen LogP contribution is 2.31. The third kappa shape index (κ3) is 3.07. The highest BCUT2D eigenvalue weighted by atomic mass is 32.2. The monoisotopic (exact) mass is 298 g/mol. The minimum Gasteiger partial charge on any atom is -0.397 e. The first-order chi connectivity index (χ1) is 9.13. The molecule has 2 aromatic heterocycles. The minimum absolute atomic E-state index is 0.256. The lowest BCUT2D eigenvalue weighted by molar-refractivity contribution is 0.0961. The molecule has 0 bridgehead atoms. The molecule has 0 aliphatic carbocycles. The molecule has 0 aliphatic rings. The Morgan fingerprint density at radius 1 is 1.58 bits per heavy atom. The maximum atomic E-state index is 12.0. The van der Waals surface area contributed by atoms with Gasteiger partial charge in [-0.05, 0) is 6.07 Å². The van der Waals surface area contributed by atoms with E-state index in [1.165, 1.54) is 17.5 Å². The summed E-state index contributed by atoms with van der Waals surface area (Å²) in [5.74, 6) is 0.789. The van der Waals surface area contributed by atoms with E-state index in [9.17, 15) is 9.00 Å². The Bertz CT molecular complexity index is 626. The lowest BCUT2D eigenvalue weighted by Gasteiger charge is -2.03. The Hall–Kier alpha value is -1.54. The summed E-state index contributed by atoms with van der Waals surface area (Å²) in [7, 11) is -0.885. The molecule has 1 amide bonds. The summed E-state index contributed by atoms with van der Waals surface area (Å²) in [5, 5.41) is 11.1. The SMILES string of the molecule is CCS(=O)CCNC(=O)c1sc2nnccc2c1N. The van der Waals surface area contributed by atoms with Crippen molar-refractivity contribution >= 4 is 43.9 Å². The van der Waals surface area contributed by atoms with Crippen LogP contribution in [0.15, 0.2) is 12.3 Å². The first-order valence-corrected chi connectivity index (χ1v) is 8.06. The molecule has 0 aromatic carbocycles. The van der Waals surface area contributed by atoms with Crippen molar-refractivity contribution in [1.82, 2.24) is 15.5 Å². The van der Waals surface area contributed by atoms with Crippen molar-refractivity contribution in [3.8, 4) is 0 Å². The van der Waals surface area contributed by atoms with Crippen LogP contribution in [0.1, 0.15) is 16.6 Å². The van der Waals surface area contributed by atoms with Gasteiger partial charge in [-0.2, -0.15) is 5.10 Å². The maximum Gasteiger partial charge on any atom is 0.263 e. The van der Waals surface area contributed by atoms with Gasteiger partial charge in [0.15, 0.2) is 0 Å². The Morgan fingerprint density at radius 3 is 3.05 bits per heavy atom. The van der Waals surface area contributed by atoms with Gasteiger partial charge in [0, 0.05) is 34.2 Å². The van der Waals surface area contributed by atoms with Crippen molar-refractivity contribution in [2.45, 2.75) is 6.92 Å². The number of nitrogens with zero attached hydrogens (tertiary/aromatic N) is 2. The van der Waals surface area contributed by atoms with E-state index < -0.39 is 10.8 Å². The number of nitrogen functional groups attached to an aromatic ring is 1. The Balaban J connectivity index is 2.09. The van der Waals surface area contributed by atoms with Gasteiger partial charge < -0.3 is 11.1 Å². The molecule has 0 aliphatic heterocycles. The molecule has 6 nitrogen and oxygen atoms in total. The molecule has 0 radical (unpaired) electrons. The molecule has 2 heterocycles. The van der Waals surface area contributed by atoms with Gasteiger partial charge >= 0.3 is 0 Å². The van der Waals surface area contributed by atoms with Crippen LogP contribution in [0.4, 0.5) is 5.69 Å². The molecule has 102 valence electrons. The average molecular weight is 298 g/mol. The van der Waals surface area contributed by atoms with Crippen LogP contribution >= 0.6 is 11.3 Å². The van der Waals surface area contributed by atoms with Crippen molar-refractivity contribution in [2.75, 3.05) is 23.8 Å². The van der Waals surface area contributed by atoms with Crippen LogP contribution in [0, 0.1) is 0 Å². The van der Waals surface area contributed by atoms with Gasteiger partial charge in [0.1, 0.15) is 9.71 Å². The van der Waals surface area contributed by atoms with Crippen LogP contribution in [-0.2, 0) is 10.8 Å². The van der Waals surface area contributed by atoms with Gasteiger partial charge in [-0.25, -0.2) is 0 Å². The summed E-state index contributed by atoms with van der Waals surface area (Å²) in [6.07, 6.45) is 1.54. The van der Waals surface area contributed by atoms with Gasteiger partial charge in [-0.15, -0.1) is 16.4 Å². The number of hydrogen-bond donors (Lipinski definition) is 2. The molecule has 0 saturated heterocycles. The highest BCUT2D eigenvalue weighted by Gasteiger charge is 2.16. The fraction of sp³-hybridized carbons (Fsp3) is 0.364. The average Bonchev–Trinajstić information content (AvgIpc) is 2.76. The first-order valence-electron chi connectivity index (χ1n) is 5.76. The number of nitrogens with one attached hydrogen (secondary N) is 1. The number of nitrogens with two attached hydrogens (primary N) is 1. The zero-order valence-corrected chi connectivity index (χ0v) is 12.0. The number of carbonyl (C=O) groups excluding carboxylic acids is 1. The Labute approximate surface area is 116 Å². The number of aromatic nitrogens is 2. The quantitative estimate of drug-likeness (QED) is 0.849. The second kappa shape index (κ2) is 6.07. The number of hydrogen-bond acceptors (Lipinski definition) is 6. The molecule has 0 saturated carbocycles. The Kier molecular flexibility index (Phi) is 4.43. The second-order valence-electron chi connectivity index (χ2n) is 3.78. The number of fused-ring (bicyclic) bond motifs is 1. The van der Waals surface area contributed by atoms with E-state index in [0.29, 0.717) is 33.4 Å². The lowest BCUT2D eigenvalue weighted by Crippen LogP contribution is -2.27. The van der Waals surface area contributed by atoms with E-state index in [1.807, 2.05) is 6.92 Å². The molecular formula is C11H14N4O2S2. The molecule has 1 atom stereocenters. The molecular weight excluding hydrogens is 284 g/mol. The number of amides is 1. The third-order valence-corrected chi connectivity index (χ3v) is 4.97. The van der Waals surface area contributed by atoms with Crippen molar-refractivity contribution in [2.24, 2.45) is 0 Å². The predicted molar refractivity (Wildman–Crippen MR) is 77.7 cm³/mol. The van der Waals surface area contributed by atoms with E-state index in [2.05, 4.69) is 15.5 Å². The largest absolute Gasteiger partial charge is 0.397 e. The van der Waals surface area contributed by atoms with E-state index in [4.69, 9.17) is 5.73 Å². The molecule has 19 heavy (non-hydrogen) atoms. The van der Waals surface area contributed by atoms with Crippen LogP contribution in [-0.4, -0.2) is 38.4 Å². The molecule has 2 aromatic rings. The van der Waals surface area contributed by atoms with Crippen molar-refractivity contribution in [1.29, 1.82) is 0 Å². The van der Waals surface area contributed by atoms with Gasteiger partial charge in [0.05, 0.1) is 11.9 Å². The lowest BCUT2D eigenvalue weighted by atomic mass is 10.3. The molecule has 1 unspecified atom stereocenters. The minimum atomic E-state index is -0.885. The van der Waals surface area contributed by atoms with Crippen molar-refractivity contribution in [3.05, 3.63) is 17.1 Å². The van der Waals surface area contributed by atoms with E-state index in [0.717, 1.165) is 5.39 Å². The summed E-state index contributed by atoms with van der Waals surface area (Å²) in [6, 6.07) is 1.73. The summed E-state index contributed by atoms with van der Waals surface area (Å²) in [6.45, 7) is 2.22. The summed E-state index contributed by atoms with van der Waals surface area (Å²) in [5.41, 5.74) is 6.34. The van der Waals surface area contributed by atoms with E-state index in [1.54, 1.807) is 6.07 Å². The summed E-state index contributed by atoms with van der Waals surface area (Å²) < 4.78 is 11.3. The van der Waals surface area contributed by atoms with Gasteiger partial charge in [0.25, 0.3) is 5.91 Å². The van der Waals surface area contributed by atoms with Crippen LogP contribution in [0.3, 0.4) is 0 Å². The highest BCUT2D eigenvalue weighted by molar-refractivity contribution is 7.84. The van der Waals surface area contributed by atoms with Gasteiger partial charge in [0.2, 0.25) is 0 Å². The second-order valence-corrected chi connectivity index (χ2v) is 6.65. The molecule has 0 spiro atoms. The Morgan fingerprint density at radius 2 is 2.37 bits per heavy atom. The van der Waals surface area contributed by atoms with E-state index >= 15 is 0 Å². The first kappa shape index (κ1) is 13.9. The molecule has 0 fully saturated rings. The predicted octanol–water partition coefficient (Wildman–Crippen LogP) is 0.772. The van der Waals surface area contributed by atoms with Crippen LogP contribution in [0.2, 0.25) is 0 Å². The maximum absolute atomic E-state index is 12.0. The molecule has 2 rings (SSSR count). The topological polar surface area (TPSA) is 98.0 Å². The summed E-state index contributed by atoms with van der Waals surface area (Å²) >= 11 is 1.21. The van der Waals surface area contributed by atoms with Crippen molar-refractivity contribution < 1.29 is 9.00 Å². The standard InChI is InChI=1S/C11H14N4O2S2/c1-2-19(17)6-5-13-10(16)9-8(12)7-3-4-14-15-11(7)18-9/h3-4H,2,5-6,12H2,1H3,(H,13,16). The zero-order valence-electron chi connectivity index (χ0n) is 10.4. The van der Waals surface area contributed by atoms with Gasteiger partial charge in [-0.1, -0.05) is 6.92 Å². The smallest absolute Gasteiger partial charge is 0.263 e.